The summed E-state index contributed by atoms with van der Waals surface area (Å²) in [5, 5.41) is 0. The van der Waals surface area contributed by atoms with E-state index in [0.717, 1.165) is 19.5 Å². The van der Waals surface area contributed by atoms with Gasteiger partial charge in [-0.2, -0.15) is 0 Å². The van der Waals surface area contributed by atoms with Gasteiger partial charge in [-0.25, -0.2) is 0 Å². The number of hydrogen-bond acceptors (Lipinski definition) is 1. The molecule has 2 aromatic rings. The van der Waals surface area contributed by atoms with Crippen LogP contribution in [-0.4, -0.2) is 11.4 Å². The van der Waals surface area contributed by atoms with Crippen LogP contribution in [0.3, 0.4) is 0 Å². The van der Waals surface area contributed by atoms with Crippen molar-refractivity contribution < 1.29 is 0 Å². The van der Waals surface area contributed by atoms with E-state index in [1.807, 2.05) is 24.3 Å². The topological polar surface area (TPSA) is 3.24 Å². The van der Waals surface area contributed by atoms with Crippen LogP contribution in [0.5, 0.6) is 0 Å². The van der Waals surface area contributed by atoms with E-state index < -0.39 is 0 Å². The Morgan fingerprint density at radius 1 is 1.00 bits per heavy atom. The number of terminal acetylenes is 1. The molecule has 2 aromatic carbocycles. The van der Waals surface area contributed by atoms with Gasteiger partial charge >= 0.3 is 0 Å². The van der Waals surface area contributed by atoms with Gasteiger partial charge in [0.2, 0.25) is 0 Å². The Hall–Kier alpha value is -2.04. The Balaban J connectivity index is 2.20. The Morgan fingerprint density at radius 2 is 1.60 bits per heavy atom. The van der Waals surface area contributed by atoms with E-state index in [0.29, 0.717) is 0 Å². The first-order valence-electron chi connectivity index (χ1n) is 7.14. The molecule has 0 unspecified atom stereocenters. The Morgan fingerprint density at radius 3 is 2.15 bits per heavy atom. The molecule has 0 aliphatic heterocycles. The normalized spacial score (nSPS) is 12.1. The molecule has 0 bridgehead atoms. The molecule has 1 atom stereocenters. The van der Waals surface area contributed by atoms with Crippen molar-refractivity contribution in [3.63, 3.8) is 0 Å². The van der Waals surface area contributed by atoms with Gasteiger partial charge in [0, 0.05) is 6.54 Å². The standard InChI is InChI=1S/C19H21N/c1-3-15-20(16-17-11-7-5-8-12-17)19(4-2)18-13-9-6-10-14-18/h2,5-14,19H,3,15-16H2,1H3/t19-/m0/s1. The van der Waals surface area contributed by atoms with Crippen LogP contribution < -0.4 is 0 Å². The van der Waals surface area contributed by atoms with Gasteiger partial charge in [-0.15, -0.1) is 6.42 Å². The van der Waals surface area contributed by atoms with Crippen LogP contribution in [0.2, 0.25) is 0 Å². The van der Waals surface area contributed by atoms with E-state index >= 15 is 0 Å². The second kappa shape index (κ2) is 7.53. The zero-order valence-corrected chi connectivity index (χ0v) is 12.0. The summed E-state index contributed by atoms with van der Waals surface area (Å²) in [6.07, 6.45) is 6.89. The van der Waals surface area contributed by atoms with Crippen molar-refractivity contribution in [3.8, 4) is 12.3 Å². The van der Waals surface area contributed by atoms with Gasteiger partial charge < -0.3 is 0 Å². The van der Waals surface area contributed by atoms with E-state index in [-0.39, 0.29) is 6.04 Å². The molecule has 20 heavy (non-hydrogen) atoms. The molecule has 0 radical (unpaired) electrons. The lowest BCUT2D eigenvalue weighted by molar-refractivity contribution is 0.229. The average molecular weight is 263 g/mol. The molecule has 2 rings (SSSR count). The monoisotopic (exact) mass is 263 g/mol. The van der Waals surface area contributed by atoms with Gasteiger partial charge in [0.15, 0.2) is 0 Å². The third-order valence-corrected chi connectivity index (χ3v) is 3.38. The van der Waals surface area contributed by atoms with Gasteiger partial charge in [-0.1, -0.05) is 73.5 Å². The van der Waals surface area contributed by atoms with Crippen molar-refractivity contribution in [2.24, 2.45) is 0 Å². The molecule has 0 heterocycles. The minimum atomic E-state index is 0.0383. The molecule has 0 spiro atoms. The Bertz CT molecular complexity index is 539. The van der Waals surface area contributed by atoms with Gasteiger partial charge in [-0.05, 0) is 24.1 Å². The lowest BCUT2D eigenvalue weighted by Crippen LogP contribution is -2.28. The van der Waals surface area contributed by atoms with Gasteiger partial charge in [0.1, 0.15) is 0 Å². The highest BCUT2D eigenvalue weighted by molar-refractivity contribution is 5.26. The highest BCUT2D eigenvalue weighted by Gasteiger charge is 2.17. The summed E-state index contributed by atoms with van der Waals surface area (Å²) < 4.78 is 0. The molecule has 0 N–H and O–H groups in total. The van der Waals surface area contributed by atoms with Crippen LogP contribution in [0.1, 0.15) is 30.5 Å². The molecule has 1 heteroatoms. The smallest absolute Gasteiger partial charge is 0.0971 e. The summed E-state index contributed by atoms with van der Waals surface area (Å²) in [4.78, 5) is 2.37. The fraction of sp³-hybridized carbons (Fsp3) is 0.263. The maximum Gasteiger partial charge on any atom is 0.0971 e. The molecular weight excluding hydrogens is 242 g/mol. The van der Waals surface area contributed by atoms with E-state index in [1.165, 1.54) is 11.1 Å². The predicted octanol–water partition coefficient (Wildman–Crippen LogP) is 4.27. The van der Waals surface area contributed by atoms with E-state index in [1.54, 1.807) is 0 Å². The molecule has 0 aromatic heterocycles. The zero-order chi connectivity index (χ0) is 14.2. The fourth-order valence-corrected chi connectivity index (χ4v) is 2.45. The maximum absolute atomic E-state index is 5.80. The van der Waals surface area contributed by atoms with Gasteiger partial charge in [-0.3, -0.25) is 4.90 Å². The minimum Gasteiger partial charge on any atom is -0.282 e. The summed E-state index contributed by atoms with van der Waals surface area (Å²) in [7, 11) is 0. The van der Waals surface area contributed by atoms with Crippen molar-refractivity contribution in [1.29, 1.82) is 0 Å². The molecule has 0 saturated heterocycles. The summed E-state index contributed by atoms with van der Waals surface area (Å²) in [5.41, 5.74) is 2.50. The van der Waals surface area contributed by atoms with Crippen molar-refractivity contribution in [1.82, 2.24) is 4.90 Å². The van der Waals surface area contributed by atoms with Crippen molar-refractivity contribution >= 4 is 0 Å². The number of rotatable bonds is 6. The quantitative estimate of drug-likeness (QED) is 0.703. The van der Waals surface area contributed by atoms with E-state index in [4.69, 9.17) is 6.42 Å². The largest absolute Gasteiger partial charge is 0.282 e. The van der Waals surface area contributed by atoms with Crippen molar-refractivity contribution in [2.45, 2.75) is 25.9 Å². The highest BCUT2D eigenvalue weighted by atomic mass is 15.1. The molecule has 0 saturated carbocycles. The highest BCUT2D eigenvalue weighted by Crippen LogP contribution is 2.22. The lowest BCUT2D eigenvalue weighted by atomic mass is 10.0. The molecular formula is C19H21N. The van der Waals surface area contributed by atoms with Crippen LogP contribution in [0.25, 0.3) is 0 Å². The summed E-state index contributed by atoms with van der Waals surface area (Å²) in [6.45, 7) is 4.08. The average Bonchev–Trinajstić information content (AvgIpc) is 2.50. The fourth-order valence-electron chi connectivity index (χ4n) is 2.45. The van der Waals surface area contributed by atoms with E-state index in [9.17, 15) is 0 Å². The maximum atomic E-state index is 5.80. The second-order valence-electron chi connectivity index (χ2n) is 4.94. The molecule has 102 valence electrons. The van der Waals surface area contributed by atoms with Crippen LogP contribution >= 0.6 is 0 Å². The molecule has 0 aliphatic carbocycles. The van der Waals surface area contributed by atoms with Crippen LogP contribution in [0, 0.1) is 12.3 Å². The summed E-state index contributed by atoms with van der Waals surface area (Å²) >= 11 is 0. The zero-order valence-electron chi connectivity index (χ0n) is 12.0. The Labute approximate surface area is 122 Å². The van der Waals surface area contributed by atoms with Crippen LogP contribution in [-0.2, 0) is 6.54 Å². The SMILES string of the molecule is C#C[C@@H](c1ccccc1)N(CCC)Cc1ccccc1. The van der Waals surface area contributed by atoms with Gasteiger partial charge in [0.25, 0.3) is 0 Å². The van der Waals surface area contributed by atoms with Crippen LogP contribution in [0.4, 0.5) is 0 Å². The first-order chi connectivity index (χ1) is 9.85. The third kappa shape index (κ3) is 3.73. The second-order valence-corrected chi connectivity index (χ2v) is 4.94. The summed E-state index contributed by atoms with van der Waals surface area (Å²) in [6, 6.07) is 20.9. The molecule has 0 aliphatic rings. The van der Waals surface area contributed by atoms with Crippen LogP contribution in [0.15, 0.2) is 60.7 Å². The van der Waals surface area contributed by atoms with Crippen molar-refractivity contribution in [2.75, 3.05) is 6.54 Å². The predicted molar refractivity (Wildman–Crippen MR) is 85.2 cm³/mol. The number of hydrogen-bond donors (Lipinski definition) is 0. The number of benzene rings is 2. The van der Waals surface area contributed by atoms with Crippen molar-refractivity contribution in [3.05, 3.63) is 71.8 Å². The number of nitrogens with zero attached hydrogens (tertiary/aromatic N) is 1. The van der Waals surface area contributed by atoms with Gasteiger partial charge in [0.05, 0.1) is 6.04 Å². The third-order valence-electron chi connectivity index (χ3n) is 3.38. The van der Waals surface area contributed by atoms with E-state index in [2.05, 4.69) is 54.1 Å². The Kier molecular flexibility index (Phi) is 5.41. The minimum absolute atomic E-state index is 0.0383. The molecule has 1 nitrogen and oxygen atoms in total. The molecule has 0 fully saturated rings. The summed E-state index contributed by atoms with van der Waals surface area (Å²) in [5.74, 6) is 2.95. The first kappa shape index (κ1) is 14.4. The lowest BCUT2D eigenvalue weighted by Gasteiger charge is -2.28. The molecule has 0 amide bonds. The first-order valence-corrected chi connectivity index (χ1v) is 7.14.